The molecule has 0 fully saturated rings. The number of nitrogens with zero attached hydrogens (tertiary/aromatic N) is 3. The molecule has 5 heteroatoms. The fourth-order valence-electron chi connectivity index (χ4n) is 2.66. The molecule has 0 spiro atoms. The highest BCUT2D eigenvalue weighted by atomic mass is 16.4. The number of hydrogen-bond acceptors (Lipinski definition) is 4. The molecule has 0 saturated carbocycles. The SMILES string of the molecule is Cc1c(-c2ccncc2)cnc(CC(=O)O)c1-c1ccncc1. The maximum absolute atomic E-state index is 11.2. The van der Waals surface area contributed by atoms with Gasteiger partial charge < -0.3 is 5.11 Å². The molecule has 0 aromatic carbocycles. The molecule has 0 radical (unpaired) electrons. The highest BCUT2D eigenvalue weighted by Crippen LogP contribution is 2.33. The van der Waals surface area contributed by atoms with Crippen molar-refractivity contribution < 1.29 is 9.90 Å². The molecule has 3 aromatic rings. The van der Waals surface area contributed by atoms with Crippen molar-refractivity contribution in [2.24, 2.45) is 0 Å². The molecule has 0 aliphatic carbocycles. The minimum absolute atomic E-state index is 0.116. The molecule has 0 saturated heterocycles. The summed E-state index contributed by atoms with van der Waals surface area (Å²) in [5, 5.41) is 9.15. The predicted molar refractivity (Wildman–Crippen MR) is 86.8 cm³/mol. The molecule has 114 valence electrons. The topological polar surface area (TPSA) is 76.0 Å². The van der Waals surface area contributed by atoms with Gasteiger partial charge in [-0.25, -0.2) is 0 Å². The third-order valence-electron chi connectivity index (χ3n) is 3.70. The lowest BCUT2D eigenvalue weighted by Gasteiger charge is -2.15. The molecule has 23 heavy (non-hydrogen) atoms. The highest BCUT2D eigenvalue weighted by molar-refractivity contribution is 5.81. The van der Waals surface area contributed by atoms with Crippen molar-refractivity contribution in [3.05, 3.63) is 66.5 Å². The average molecular weight is 305 g/mol. The summed E-state index contributed by atoms with van der Waals surface area (Å²) in [5.74, 6) is -0.899. The van der Waals surface area contributed by atoms with Crippen LogP contribution in [0.1, 0.15) is 11.3 Å². The van der Waals surface area contributed by atoms with Gasteiger partial charge in [-0.15, -0.1) is 0 Å². The first-order chi connectivity index (χ1) is 11.2. The van der Waals surface area contributed by atoms with Crippen molar-refractivity contribution >= 4 is 5.97 Å². The van der Waals surface area contributed by atoms with Crippen LogP contribution in [0.15, 0.2) is 55.2 Å². The Hall–Kier alpha value is -3.08. The number of hydrogen-bond donors (Lipinski definition) is 1. The Bertz CT molecular complexity index is 834. The van der Waals surface area contributed by atoms with E-state index in [9.17, 15) is 4.79 Å². The van der Waals surface area contributed by atoms with Crippen LogP contribution in [0.4, 0.5) is 0 Å². The van der Waals surface area contributed by atoms with Crippen LogP contribution in [0.5, 0.6) is 0 Å². The zero-order valence-corrected chi connectivity index (χ0v) is 12.6. The normalized spacial score (nSPS) is 10.5. The van der Waals surface area contributed by atoms with Crippen LogP contribution in [-0.2, 0) is 11.2 Å². The zero-order chi connectivity index (χ0) is 16.2. The fourth-order valence-corrected chi connectivity index (χ4v) is 2.66. The van der Waals surface area contributed by atoms with Gasteiger partial charge in [0.1, 0.15) is 0 Å². The molecule has 0 aliphatic rings. The Labute approximate surface area is 133 Å². The Morgan fingerprint density at radius 1 is 1.00 bits per heavy atom. The number of aromatic nitrogens is 3. The van der Waals surface area contributed by atoms with E-state index in [2.05, 4.69) is 15.0 Å². The van der Waals surface area contributed by atoms with Crippen molar-refractivity contribution in [3.63, 3.8) is 0 Å². The Balaban J connectivity index is 2.22. The first-order valence-corrected chi connectivity index (χ1v) is 7.18. The second-order valence-corrected chi connectivity index (χ2v) is 5.16. The lowest BCUT2D eigenvalue weighted by Crippen LogP contribution is -2.06. The molecule has 0 amide bonds. The molecule has 0 bridgehead atoms. The first kappa shape index (κ1) is 14.8. The summed E-state index contributed by atoms with van der Waals surface area (Å²) < 4.78 is 0. The van der Waals surface area contributed by atoms with Crippen LogP contribution in [0.3, 0.4) is 0 Å². The molecule has 3 aromatic heterocycles. The van der Waals surface area contributed by atoms with Gasteiger partial charge in [0, 0.05) is 42.1 Å². The largest absolute Gasteiger partial charge is 0.481 e. The monoisotopic (exact) mass is 305 g/mol. The van der Waals surface area contributed by atoms with E-state index in [1.807, 2.05) is 31.2 Å². The number of carboxylic acids is 1. The van der Waals surface area contributed by atoms with Crippen LogP contribution in [-0.4, -0.2) is 26.0 Å². The summed E-state index contributed by atoms with van der Waals surface area (Å²) in [7, 11) is 0. The van der Waals surface area contributed by atoms with E-state index >= 15 is 0 Å². The average Bonchev–Trinajstić information content (AvgIpc) is 2.56. The van der Waals surface area contributed by atoms with E-state index in [0.29, 0.717) is 5.69 Å². The van der Waals surface area contributed by atoms with Gasteiger partial charge >= 0.3 is 5.97 Å². The third kappa shape index (κ3) is 3.08. The highest BCUT2D eigenvalue weighted by Gasteiger charge is 2.16. The van der Waals surface area contributed by atoms with Gasteiger partial charge in [0.05, 0.1) is 12.1 Å². The smallest absolute Gasteiger partial charge is 0.309 e. The fraction of sp³-hybridized carbons (Fsp3) is 0.111. The van der Waals surface area contributed by atoms with Crippen LogP contribution in [0, 0.1) is 6.92 Å². The number of pyridine rings is 3. The van der Waals surface area contributed by atoms with Gasteiger partial charge in [-0.3, -0.25) is 19.7 Å². The summed E-state index contributed by atoms with van der Waals surface area (Å²) in [4.78, 5) is 23.6. The lowest BCUT2D eigenvalue weighted by molar-refractivity contribution is -0.136. The minimum atomic E-state index is -0.899. The zero-order valence-electron chi connectivity index (χ0n) is 12.6. The second-order valence-electron chi connectivity index (χ2n) is 5.16. The first-order valence-electron chi connectivity index (χ1n) is 7.18. The van der Waals surface area contributed by atoms with Crippen molar-refractivity contribution in [2.45, 2.75) is 13.3 Å². The lowest BCUT2D eigenvalue weighted by atomic mass is 9.93. The predicted octanol–water partition coefficient (Wildman–Crippen LogP) is 3.14. The van der Waals surface area contributed by atoms with E-state index in [-0.39, 0.29) is 6.42 Å². The van der Waals surface area contributed by atoms with Crippen molar-refractivity contribution in [2.75, 3.05) is 0 Å². The number of rotatable bonds is 4. The number of carboxylic acid groups (broad SMARTS) is 1. The maximum atomic E-state index is 11.2. The summed E-state index contributed by atoms with van der Waals surface area (Å²) in [6.07, 6.45) is 8.46. The van der Waals surface area contributed by atoms with Gasteiger partial charge in [-0.2, -0.15) is 0 Å². The van der Waals surface area contributed by atoms with Gasteiger partial charge in [0.15, 0.2) is 0 Å². The quantitative estimate of drug-likeness (QED) is 0.801. The molecule has 1 N–H and O–H groups in total. The van der Waals surface area contributed by atoms with Gasteiger partial charge in [0.25, 0.3) is 0 Å². The summed E-state index contributed by atoms with van der Waals surface area (Å²) in [6.45, 7) is 1.98. The van der Waals surface area contributed by atoms with E-state index in [1.54, 1.807) is 31.0 Å². The maximum Gasteiger partial charge on any atom is 0.309 e. The number of carbonyl (C=O) groups is 1. The molecule has 0 unspecified atom stereocenters. The molecular formula is C18H15N3O2. The Kier molecular flexibility index (Phi) is 4.10. The van der Waals surface area contributed by atoms with Crippen LogP contribution in [0.25, 0.3) is 22.3 Å². The summed E-state index contributed by atoms with van der Waals surface area (Å²) >= 11 is 0. The molecule has 5 nitrogen and oxygen atoms in total. The van der Waals surface area contributed by atoms with E-state index < -0.39 is 5.97 Å². The molecule has 3 rings (SSSR count). The molecule has 0 aliphatic heterocycles. The molecule has 0 atom stereocenters. The standard InChI is InChI=1S/C18H15N3O2/c1-12-15(13-2-6-19-7-3-13)11-21-16(10-17(22)23)18(12)14-4-8-20-9-5-14/h2-9,11H,10H2,1H3,(H,22,23). The van der Waals surface area contributed by atoms with Crippen LogP contribution >= 0.6 is 0 Å². The van der Waals surface area contributed by atoms with Crippen molar-refractivity contribution in [3.8, 4) is 22.3 Å². The van der Waals surface area contributed by atoms with Crippen LogP contribution in [0.2, 0.25) is 0 Å². The van der Waals surface area contributed by atoms with Gasteiger partial charge in [-0.1, -0.05) is 0 Å². The summed E-state index contributed by atoms with van der Waals surface area (Å²) in [6, 6.07) is 7.56. The molecular weight excluding hydrogens is 290 g/mol. The van der Waals surface area contributed by atoms with E-state index in [0.717, 1.165) is 27.8 Å². The van der Waals surface area contributed by atoms with Gasteiger partial charge in [-0.05, 0) is 47.9 Å². The summed E-state index contributed by atoms with van der Waals surface area (Å²) in [5.41, 5.74) is 5.28. The van der Waals surface area contributed by atoms with Gasteiger partial charge in [0.2, 0.25) is 0 Å². The van der Waals surface area contributed by atoms with Crippen molar-refractivity contribution in [1.82, 2.24) is 15.0 Å². The third-order valence-corrected chi connectivity index (χ3v) is 3.70. The minimum Gasteiger partial charge on any atom is -0.481 e. The Morgan fingerprint density at radius 2 is 1.57 bits per heavy atom. The van der Waals surface area contributed by atoms with Crippen molar-refractivity contribution in [1.29, 1.82) is 0 Å². The second kappa shape index (κ2) is 6.36. The molecule has 3 heterocycles. The van der Waals surface area contributed by atoms with Crippen LogP contribution < -0.4 is 0 Å². The number of aliphatic carboxylic acids is 1. The Morgan fingerprint density at radius 3 is 2.13 bits per heavy atom. The van der Waals surface area contributed by atoms with E-state index in [4.69, 9.17) is 5.11 Å². The van der Waals surface area contributed by atoms with E-state index in [1.165, 1.54) is 0 Å².